The number of halogens is 2. The number of hydrogen-bond donors (Lipinski definition) is 1. The molecule has 0 saturated carbocycles. The van der Waals surface area contributed by atoms with Crippen molar-refractivity contribution in [2.75, 3.05) is 6.54 Å². The Morgan fingerprint density at radius 1 is 1.10 bits per heavy atom. The highest BCUT2D eigenvalue weighted by Gasteiger charge is 2.12. The van der Waals surface area contributed by atoms with Crippen molar-refractivity contribution >= 4 is 15.9 Å². The van der Waals surface area contributed by atoms with E-state index in [0.29, 0.717) is 13.0 Å². The van der Waals surface area contributed by atoms with E-state index in [1.807, 2.05) is 12.1 Å². The molecule has 0 aliphatic carbocycles. The molecule has 1 atom stereocenters. The summed E-state index contributed by atoms with van der Waals surface area (Å²) in [6.45, 7) is 2.63. The molecule has 1 unspecified atom stereocenters. The Bertz CT molecular complexity index is 566. The molecule has 2 N–H and O–H groups in total. The van der Waals surface area contributed by atoms with Gasteiger partial charge in [0.2, 0.25) is 0 Å². The van der Waals surface area contributed by atoms with Gasteiger partial charge in [-0.3, -0.25) is 0 Å². The van der Waals surface area contributed by atoms with Gasteiger partial charge in [0, 0.05) is 4.47 Å². The van der Waals surface area contributed by atoms with Crippen LogP contribution in [0.4, 0.5) is 4.39 Å². The molecule has 1 nitrogen and oxygen atoms in total. The lowest BCUT2D eigenvalue weighted by molar-refractivity contribution is 0.511. The summed E-state index contributed by atoms with van der Waals surface area (Å²) in [4.78, 5) is 0. The highest BCUT2D eigenvalue weighted by Crippen LogP contribution is 2.20. The first-order valence-corrected chi connectivity index (χ1v) is 7.57. The van der Waals surface area contributed by atoms with Crippen molar-refractivity contribution < 1.29 is 4.39 Å². The van der Waals surface area contributed by atoms with Crippen molar-refractivity contribution in [2.45, 2.75) is 19.8 Å². The van der Waals surface area contributed by atoms with Crippen molar-refractivity contribution in [1.82, 2.24) is 0 Å². The number of nitrogens with two attached hydrogens (primary N) is 1. The van der Waals surface area contributed by atoms with Crippen LogP contribution in [0, 0.1) is 18.7 Å². The summed E-state index contributed by atoms with van der Waals surface area (Å²) in [6.07, 6.45) is 1.55. The number of aryl methyl sites for hydroxylation is 1. The molecule has 0 saturated heterocycles. The summed E-state index contributed by atoms with van der Waals surface area (Å²) in [6, 6.07) is 13.7. The Morgan fingerprint density at radius 3 is 2.40 bits per heavy atom. The van der Waals surface area contributed by atoms with Crippen molar-refractivity contribution in [3.8, 4) is 0 Å². The maximum Gasteiger partial charge on any atom is 0.127 e. The number of rotatable bonds is 5. The first-order chi connectivity index (χ1) is 9.58. The van der Waals surface area contributed by atoms with Crippen molar-refractivity contribution in [3.63, 3.8) is 0 Å². The van der Waals surface area contributed by atoms with E-state index in [1.165, 1.54) is 17.2 Å². The van der Waals surface area contributed by atoms with Gasteiger partial charge >= 0.3 is 0 Å². The minimum atomic E-state index is -0.165. The fourth-order valence-corrected chi connectivity index (χ4v) is 2.63. The monoisotopic (exact) mass is 335 g/mol. The second-order valence-electron chi connectivity index (χ2n) is 5.23. The van der Waals surface area contributed by atoms with Gasteiger partial charge < -0.3 is 5.73 Å². The van der Waals surface area contributed by atoms with Crippen LogP contribution in [-0.4, -0.2) is 6.54 Å². The van der Waals surface area contributed by atoms with E-state index < -0.39 is 0 Å². The van der Waals surface area contributed by atoms with Crippen LogP contribution in [0.2, 0.25) is 0 Å². The standard InChI is InChI=1S/C17H19BrFN/c1-12-2-4-13(5-3-12)8-14(11-20)9-15-6-7-16(18)10-17(15)19/h2-7,10,14H,8-9,11,20H2,1H3. The Morgan fingerprint density at radius 2 is 1.80 bits per heavy atom. The lowest BCUT2D eigenvalue weighted by atomic mass is 9.92. The number of benzene rings is 2. The molecule has 3 heteroatoms. The SMILES string of the molecule is Cc1ccc(CC(CN)Cc2ccc(Br)cc2F)cc1. The quantitative estimate of drug-likeness (QED) is 0.868. The predicted octanol–water partition coefficient (Wildman–Crippen LogP) is 4.26. The van der Waals surface area contributed by atoms with E-state index in [4.69, 9.17) is 5.73 Å². The fourth-order valence-electron chi connectivity index (χ4n) is 2.29. The molecule has 0 fully saturated rings. The van der Waals surface area contributed by atoms with Gasteiger partial charge in [0.15, 0.2) is 0 Å². The largest absolute Gasteiger partial charge is 0.330 e. The second kappa shape index (κ2) is 7.00. The van der Waals surface area contributed by atoms with Gasteiger partial charge in [-0.15, -0.1) is 0 Å². The molecule has 2 aromatic rings. The molecule has 2 aromatic carbocycles. The Kier molecular flexibility index (Phi) is 5.32. The van der Waals surface area contributed by atoms with Crippen molar-refractivity contribution in [2.24, 2.45) is 11.7 Å². The van der Waals surface area contributed by atoms with E-state index >= 15 is 0 Å². The minimum Gasteiger partial charge on any atom is -0.330 e. The summed E-state index contributed by atoms with van der Waals surface area (Å²) >= 11 is 3.28. The van der Waals surface area contributed by atoms with Crippen molar-refractivity contribution in [3.05, 3.63) is 69.4 Å². The molecular formula is C17H19BrFN. The average molecular weight is 336 g/mol. The normalized spacial score (nSPS) is 12.4. The van der Waals surface area contributed by atoms with E-state index in [1.54, 1.807) is 0 Å². The lowest BCUT2D eigenvalue weighted by Gasteiger charge is -2.15. The topological polar surface area (TPSA) is 26.0 Å². The maximum atomic E-state index is 13.9. The van der Waals surface area contributed by atoms with Gasteiger partial charge in [-0.25, -0.2) is 4.39 Å². The zero-order valence-electron chi connectivity index (χ0n) is 11.6. The smallest absolute Gasteiger partial charge is 0.127 e. The molecule has 2 rings (SSSR count). The maximum absolute atomic E-state index is 13.9. The summed E-state index contributed by atoms with van der Waals surface area (Å²) in [7, 11) is 0. The summed E-state index contributed by atoms with van der Waals surface area (Å²) in [5, 5.41) is 0. The summed E-state index contributed by atoms with van der Waals surface area (Å²) in [5.41, 5.74) is 9.08. The molecule has 0 spiro atoms. The summed E-state index contributed by atoms with van der Waals surface area (Å²) < 4.78 is 14.6. The highest BCUT2D eigenvalue weighted by atomic mass is 79.9. The van der Waals surface area contributed by atoms with Crippen molar-refractivity contribution in [1.29, 1.82) is 0 Å². The molecule has 106 valence electrons. The number of hydrogen-bond acceptors (Lipinski definition) is 1. The Hall–Kier alpha value is -1.19. The third kappa shape index (κ3) is 4.15. The Labute approximate surface area is 128 Å². The van der Waals surface area contributed by atoms with Crippen LogP contribution in [0.5, 0.6) is 0 Å². The molecule has 0 bridgehead atoms. The molecular weight excluding hydrogens is 317 g/mol. The third-order valence-electron chi connectivity index (χ3n) is 3.50. The molecule has 0 radical (unpaired) electrons. The predicted molar refractivity (Wildman–Crippen MR) is 85.2 cm³/mol. The molecule has 0 aromatic heterocycles. The van der Waals surface area contributed by atoms with Gasteiger partial charge in [0.05, 0.1) is 0 Å². The first-order valence-electron chi connectivity index (χ1n) is 6.78. The van der Waals surface area contributed by atoms with Crippen LogP contribution in [0.1, 0.15) is 16.7 Å². The van der Waals surface area contributed by atoms with Gasteiger partial charge in [-0.05, 0) is 55.5 Å². The van der Waals surface area contributed by atoms with E-state index in [9.17, 15) is 4.39 Å². The third-order valence-corrected chi connectivity index (χ3v) is 4.00. The molecule has 0 heterocycles. The average Bonchev–Trinajstić information content (AvgIpc) is 2.43. The highest BCUT2D eigenvalue weighted by molar-refractivity contribution is 9.10. The van der Waals surface area contributed by atoms with Crippen LogP contribution in [0.3, 0.4) is 0 Å². The summed E-state index contributed by atoms with van der Waals surface area (Å²) in [5.74, 6) is 0.0927. The van der Waals surface area contributed by atoms with Gasteiger partial charge in [0.1, 0.15) is 5.82 Å². The van der Waals surface area contributed by atoms with Crippen LogP contribution < -0.4 is 5.73 Å². The van der Waals surface area contributed by atoms with E-state index in [-0.39, 0.29) is 11.7 Å². The first kappa shape index (κ1) is 15.2. The second-order valence-corrected chi connectivity index (χ2v) is 6.15. The molecule has 0 aliphatic rings. The van der Waals surface area contributed by atoms with Gasteiger partial charge in [-0.1, -0.05) is 51.8 Å². The minimum absolute atomic E-state index is 0.165. The fraction of sp³-hybridized carbons (Fsp3) is 0.294. The lowest BCUT2D eigenvalue weighted by Crippen LogP contribution is -2.20. The molecule has 0 aliphatic heterocycles. The zero-order chi connectivity index (χ0) is 14.5. The Balaban J connectivity index is 2.07. The van der Waals surface area contributed by atoms with Crippen LogP contribution in [0.25, 0.3) is 0 Å². The van der Waals surface area contributed by atoms with Crippen LogP contribution >= 0.6 is 15.9 Å². The van der Waals surface area contributed by atoms with Crippen LogP contribution in [-0.2, 0) is 12.8 Å². The van der Waals surface area contributed by atoms with Crippen LogP contribution in [0.15, 0.2) is 46.9 Å². The van der Waals surface area contributed by atoms with E-state index in [0.717, 1.165) is 16.5 Å². The molecule has 0 amide bonds. The van der Waals surface area contributed by atoms with E-state index in [2.05, 4.69) is 47.1 Å². The van der Waals surface area contributed by atoms with Gasteiger partial charge in [0.25, 0.3) is 0 Å². The molecule has 20 heavy (non-hydrogen) atoms. The van der Waals surface area contributed by atoms with Gasteiger partial charge in [-0.2, -0.15) is 0 Å². The zero-order valence-corrected chi connectivity index (χ0v) is 13.2.